The highest BCUT2D eigenvalue weighted by atomic mass is 32.2. The SMILES string of the molecule is CCCCCCCCCCCCC(CCCC(O)CCCCCCC)S(=O)(=O)O. The summed E-state index contributed by atoms with van der Waals surface area (Å²) in [7, 11) is -3.98. The first kappa shape index (κ1) is 28.9. The van der Waals surface area contributed by atoms with Crippen molar-refractivity contribution < 1.29 is 18.1 Å². The van der Waals surface area contributed by atoms with E-state index in [-0.39, 0.29) is 6.10 Å². The fourth-order valence-electron chi connectivity index (χ4n) is 4.01. The second-order valence-electron chi connectivity index (χ2n) is 8.90. The van der Waals surface area contributed by atoms with Crippen molar-refractivity contribution in [1.29, 1.82) is 0 Å². The van der Waals surface area contributed by atoms with Crippen LogP contribution in [-0.4, -0.2) is 29.4 Å². The van der Waals surface area contributed by atoms with Crippen LogP contribution >= 0.6 is 0 Å². The van der Waals surface area contributed by atoms with Crippen LogP contribution in [0.3, 0.4) is 0 Å². The molecule has 0 rings (SSSR count). The quantitative estimate of drug-likeness (QED) is 0.137. The van der Waals surface area contributed by atoms with Gasteiger partial charge in [-0.1, -0.05) is 110 Å². The highest BCUT2D eigenvalue weighted by molar-refractivity contribution is 7.86. The van der Waals surface area contributed by atoms with Gasteiger partial charge in [-0.05, 0) is 32.1 Å². The van der Waals surface area contributed by atoms with Crippen molar-refractivity contribution >= 4 is 10.1 Å². The highest BCUT2D eigenvalue weighted by Gasteiger charge is 2.22. The number of unbranched alkanes of at least 4 members (excludes halogenated alkanes) is 13. The van der Waals surface area contributed by atoms with Crippen LogP contribution in [0.25, 0.3) is 0 Å². The molecule has 0 spiro atoms. The summed E-state index contributed by atoms with van der Waals surface area (Å²) in [5.41, 5.74) is 0. The van der Waals surface area contributed by atoms with Crippen LogP contribution in [0.2, 0.25) is 0 Å². The molecule has 2 atom stereocenters. The molecule has 0 aromatic carbocycles. The third-order valence-electron chi connectivity index (χ3n) is 6.01. The van der Waals surface area contributed by atoms with Crippen molar-refractivity contribution in [2.45, 2.75) is 154 Å². The van der Waals surface area contributed by atoms with Gasteiger partial charge >= 0.3 is 0 Å². The highest BCUT2D eigenvalue weighted by Crippen LogP contribution is 2.20. The van der Waals surface area contributed by atoms with Crippen molar-refractivity contribution in [3.05, 3.63) is 0 Å². The van der Waals surface area contributed by atoms with Gasteiger partial charge in [-0.2, -0.15) is 8.42 Å². The Balaban J connectivity index is 3.80. The molecule has 176 valence electrons. The third kappa shape index (κ3) is 19.6. The van der Waals surface area contributed by atoms with Crippen molar-refractivity contribution in [3.8, 4) is 0 Å². The Morgan fingerprint density at radius 1 is 0.552 bits per heavy atom. The van der Waals surface area contributed by atoms with Crippen LogP contribution in [-0.2, 0) is 10.1 Å². The second kappa shape index (κ2) is 19.8. The van der Waals surface area contributed by atoms with E-state index in [4.69, 9.17) is 0 Å². The number of rotatable bonds is 22. The van der Waals surface area contributed by atoms with Gasteiger partial charge in [-0.3, -0.25) is 4.55 Å². The van der Waals surface area contributed by atoms with Gasteiger partial charge in [0.25, 0.3) is 10.1 Å². The molecule has 0 aromatic heterocycles. The summed E-state index contributed by atoms with van der Waals surface area (Å²) in [6, 6.07) is 0. The molecule has 0 aromatic rings. The van der Waals surface area contributed by atoms with E-state index in [0.717, 1.165) is 38.5 Å². The first-order chi connectivity index (χ1) is 13.9. The van der Waals surface area contributed by atoms with Crippen LogP contribution in [0, 0.1) is 0 Å². The topological polar surface area (TPSA) is 74.6 Å². The molecule has 0 amide bonds. The van der Waals surface area contributed by atoms with E-state index >= 15 is 0 Å². The molecule has 0 radical (unpaired) electrons. The summed E-state index contributed by atoms with van der Waals surface area (Å²) in [5, 5.41) is 9.42. The predicted molar refractivity (Wildman–Crippen MR) is 125 cm³/mol. The van der Waals surface area contributed by atoms with Gasteiger partial charge in [-0.15, -0.1) is 0 Å². The minimum absolute atomic E-state index is 0.337. The molecule has 0 aliphatic carbocycles. The van der Waals surface area contributed by atoms with Crippen molar-refractivity contribution in [2.75, 3.05) is 0 Å². The molecule has 0 aliphatic rings. The van der Waals surface area contributed by atoms with Gasteiger partial charge in [0.2, 0.25) is 0 Å². The van der Waals surface area contributed by atoms with Crippen molar-refractivity contribution in [2.24, 2.45) is 0 Å². The van der Waals surface area contributed by atoms with Crippen molar-refractivity contribution in [3.63, 3.8) is 0 Å². The standard InChI is InChI=1S/C24H50O4S/c1-3-5-7-9-10-11-12-13-15-17-21-24(29(26,27)28)22-18-20-23(25)19-16-14-8-6-4-2/h23-25H,3-22H2,1-2H3,(H,26,27,28). The number of aliphatic hydroxyl groups is 1. The normalized spacial score (nSPS) is 14.2. The summed E-state index contributed by atoms with van der Waals surface area (Å²) in [5.74, 6) is 0. The Bertz CT molecular complexity index is 436. The number of hydrogen-bond acceptors (Lipinski definition) is 3. The summed E-state index contributed by atoms with van der Waals surface area (Å²) in [4.78, 5) is 0. The molecule has 0 saturated heterocycles. The molecular formula is C24H50O4S. The number of hydrogen-bond donors (Lipinski definition) is 2. The molecule has 5 heteroatoms. The average molecular weight is 435 g/mol. The van der Waals surface area contributed by atoms with Crippen LogP contribution in [0.15, 0.2) is 0 Å². The molecular weight excluding hydrogens is 384 g/mol. The molecule has 0 saturated carbocycles. The van der Waals surface area contributed by atoms with E-state index in [1.54, 1.807) is 0 Å². The van der Waals surface area contributed by atoms with Crippen LogP contribution in [0.5, 0.6) is 0 Å². The van der Waals surface area contributed by atoms with E-state index in [2.05, 4.69) is 13.8 Å². The largest absolute Gasteiger partial charge is 0.393 e. The Labute approximate surface area is 182 Å². The van der Waals surface area contributed by atoms with Gasteiger partial charge in [0.15, 0.2) is 0 Å². The lowest BCUT2D eigenvalue weighted by Crippen LogP contribution is -2.21. The maximum absolute atomic E-state index is 11.7. The second-order valence-corrected chi connectivity index (χ2v) is 10.6. The van der Waals surface area contributed by atoms with E-state index in [0.29, 0.717) is 25.7 Å². The van der Waals surface area contributed by atoms with E-state index in [1.807, 2.05) is 0 Å². The van der Waals surface area contributed by atoms with Crippen LogP contribution in [0.1, 0.15) is 142 Å². The van der Waals surface area contributed by atoms with Gasteiger partial charge in [0, 0.05) is 0 Å². The van der Waals surface area contributed by atoms with E-state index in [1.165, 1.54) is 64.2 Å². The zero-order valence-corrected chi connectivity index (χ0v) is 20.2. The van der Waals surface area contributed by atoms with E-state index in [9.17, 15) is 18.1 Å². The molecule has 0 fully saturated rings. The lowest BCUT2D eigenvalue weighted by molar-refractivity contribution is 0.147. The summed E-state index contributed by atoms with van der Waals surface area (Å²) in [6.07, 6.45) is 20.9. The third-order valence-corrected chi connectivity index (χ3v) is 7.32. The molecule has 29 heavy (non-hydrogen) atoms. The number of aliphatic hydroxyl groups excluding tert-OH is 1. The zero-order valence-electron chi connectivity index (χ0n) is 19.4. The minimum Gasteiger partial charge on any atom is -0.393 e. The summed E-state index contributed by atoms with van der Waals surface area (Å²) in [6.45, 7) is 4.42. The van der Waals surface area contributed by atoms with Crippen molar-refractivity contribution in [1.82, 2.24) is 0 Å². The molecule has 4 nitrogen and oxygen atoms in total. The fourth-order valence-corrected chi connectivity index (χ4v) is 4.94. The van der Waals surface area contributed by atoms with Crippen LogP contribution < -0.4 is 0 Å². The summed E-state index contributed by atoms with van der Waals surface area (Å²) >= 11 is 0. The minimum atomic E-state index is -3.98. The van der Waals surface area contributed by atoms with Gasteiger partial charge in [-0.25, -0.2) is 0 Å². The Kier molecular flexibility index (Phi) is 19.7. The Morgan fingerprint density at radius 2 is 0.897 bits per heavy atom. The van der Waals surface area contributed by atoms with Crippen LogP contribution in [0.4, 0.5) is 0 Å². The van der Waals surface area contributed by atoms with E-state index < -0.39 is 15.4 Å². The maximum Gasteiger partial charge on any atom is 0.267 e. The molecule has 2 unspecified atom stereocenters. The smallest absolute Gasteiger partial charge is 0.267 e. The Morgan fingerprint density at radius 3 is 1.34 bits per heavy atom. The molecule has 2 N–H and O–H groups in total. The first-order valence-corrected chi connectivity index (χ1v) is 14.1. The maximum atomic E-state index is 11.7. The lowest BCUT2D eigenvalue weighted by atomic mass is 10.0. The lowest BCUT2D eigenvalue weighted by Gasteiger charge is -2.15. The Hall–Kier alpha value is -0.130. The zero-order chi connectivity index (χ0) is 21.8. The molecule has 0 aliphatic heterocycles. The van der Waals surface area contributed by atoms with Gasteiger partial charge in [0.05, 0.1) is 11.4 Å². The average Bonchev–Trinajstić information content (AvgIpc) is 2.67. The molecule has 0 bridgehead atoms. The van der Waals surface area contributed by atoms with Gasteiger partial charge < -0.3 is 5.11 Å². The fraction of sp³-hybridized carbons (Fsp3) is 1.00. The predicted octanol–water partition coefficient (Wildman–Crippen LogP) is 7.45. The van der Waals surface area contributed by atoms with Gasteiger partial charge in [0.1, 0.15) is 0 Å². The molecule has 0 heterocycles. The monoisotopic (exact) mass is 434 g/mol. The first-order valence-electron chi connectivity index (χ1n) is 12.6. The summed E-state index contributed by atoms with van der Waals surface area (Å²) < 4.78 is 32.8.